The number of nitrogens with zero attached hydrogens (tertiary/aromatic N) is 3. The monoisotopic (exact) mass is 190 g/mol. The van der Waals surface area contributed by atoms with Crippen LogP contribution >= 0.6 is 0 Å². The smallest absolute Gasteiger partial charge is 0.113 e. The molecule has 0 aliphatic heterocycles. The number of benzene rings is 1. The predicted octanol–water partition coefficient (Wildman–Crippen LogP) is 1.91. The van der Waals surface area contributed by atoms with Crippen LogP contribution in [0.4, 0.5) is 4.39 Å². The molecule has 72 valence electrons. The highest BCUT2D eigenvalue weighted by Gasteiger charge is 2.01. The summed E-state index contributed by atoms with van der Waals surface area (Å²) in [6, 6.07) is 9.70. The van der Waals surface area contributed by atoms with Crippen LogP contribution in [0.15, 0.2) is 36.5 Å². The molecule has 0 saturated carbocycles. The second-order valence-electron chi connectivity index (χ2n) is 2.92. The number of aryl methyl sites for hydroxylation is 1. The Morgan fingerprint density at radius 1 is 1.21 bits per heavy atom. The molecule has 2 rings (SSSR count). The van der Waals surface area contributed by atoms with Gasteiger partial charge in [-0.1, -0.05) is 35.5 Å². The first-order valence-corrected chi connectivity index (χ1v) is 4.41. The summed E-state index contributed by atoms with van der Waals surface area (Å²) < 4.78 is 13.5. The van der Waals surface area contributed by atoms with Crippen LogP contribution in [0.2, 0.25) is 0 Å². The Morgan fingerprint density at radius 2 is 2.00 bits per heavy atom. The van der Waals surface area contributed by atoms with E-state index in [9.17, 15) is 4.39 Å². The third-order valence-corrected chi connectivity index (χ3v) is 1.92. The molecule has 4 heteroatoms. The number of hydrogen-bond acceptors (Lipinski definition) is 2. The van der Waals surface area contributed by atoms with Gasteiger partial charge in [-0.3, -0.25) is 0 Å². The fourth-order valence-electron chi connectivity index (χ4n) is 1.24. The Balaban J connectivity index is 2.25. The van der Waals surface area contributed by atoms with Gasteiger partial charge in [-0.15, -0.1) is 5.10 Å². The van der Waals surface area contributed by atoms with Crippen molar-refractivity contribution in [3.8, 4) is 11.3 Å². The summed E-state index contributed by atoms with van der Waals surface area (Å²) in [5.74, 6) is 0. The van der Waals surface area contributed by atoms with Gasteiger partial charge in [0.25, 0.3) is 0 Å². The van der Waals surface area contributed by atoms with Gasteiger partial charge in [0.05, 0.1) is 12.7 Å². The van der Waals surface area contributed by atoms with Crippen molar-refractivity contribution >= 4 is 0 Å². The van der Waals surface area contributed by atoms with E-state index in [1.54, 1.807) is 6.20 Å². The topological polar surface area (TPSA) is 30.7 Å². The van der Waals surface area contributed by atoms with Crippen LogP contribution < -0.4 is 0 Å². The second kappa shape index (κ2) is 4.00. The van der Waals surface area contributed by atoms with Gasteiger partial charge in [0.1, 0.15) is 12.4 Å². The lowest BCUT2D eigenvalue weighted by Crippen LogP contribution is -1.99. The van der Waals surface area contributed by atoms with E-state index in [0.717, 1.165) is 11.3 Å². The Morgan fingerprint density at radius 3 is 2.71 bits per heavy atom. The molecule has 0 bridgehead atoms. The van der Waals surface area contributed by atoms with E-state index in [1.165, 1.54) is 4.68 Å². The summed E-state index contributed by atoms with van der Waals surface area (Å²) >= 11 is 0. The summed E-state index contributed by atoms with van der Waals surface area (Å²) in [7, 11) is 0. The highest BCUT2D eigenvalue weighted by Crippen LogP contribution is 2.14. The molecule has 2 aromatic rings. The van der Waals surface area contributed by atoms with Gasteiger partial charge in [0, 0.05) is 5.56 Å². The van der Waals surface area contributed by atoms with E-state index in [1.807, 2.05) is 30.3 Å². The number of halogens is 1. The molecule has 0 aliphatic rings. The van der Waals surface area contributed by atoms with E-state index in [4.69, 9.17) is 0 Å². The van der Waals surface area contributed by atoms with Gasteiger partial charge >= 0.3 is 0 Å². The van der Waals surface area contributed by atoms with Gasteiger partial charge in [-0.05, 0) is 0 Å². The molecule has 1 aromatic carbocycles. The number of alkyl halides is 1. The summed E-state index contributed by atoms with van der Waals surface area (Å²) in [5.41, 5.74) is 1.77. The average Bonchev–Trinajstić information content (AvgIpc) is 2.68. The van der Waals surface area contributed by atoms with Gasteiger partial charge < -0.3 is 0 Å². The van der Waals surface area contributed by atoms with Gasteiger partial charge in [0.2, 0.25) is 0 Å². The van der Waals surface area contributed by atoms with Crippen molar-refractivity contribution in [3.05, 3.63) is 36.5 Å². The van der Waals surface area contributed by atoms with Crippen LogP contribution in [0.3, 0.4) is 0 Å². The summed E-state index contributed by atoms with van der Waals surface area (Å²) in [6.07, 6.45) is 1.74. The standard InChI is InChI=1S/C10H10FN3/c11-6-7-14-8-10(12-13-14)9-4-2-1-3-5-9/h1-5,8H,6-7H2/i11-1. The lowest BCUT2D eigenvalue weighted by atomic mass is 10.2. The minimum atomic E-state index is -0.419. The Bertz CT molecular complexity index is 397. The first kappa shape index (κ1) is 8.87. The SMILES string of the molecule is [18F]CCn1cc(-c2ccccc2)nn1. The van der Waals surface area contributed by atoms with Crippen molar-refractivity contribution in [1.29, 1.82) is 0 Å². The minimum Gasteiger partial charge on any atom is -0.249 e. The van der Waals surface area contributed by atoms with Crippen LogP contribution in [0.25, 0.3) is 11.3 Å². The molecule has 0 saturated heterocycles. The van der Waals surface area contributed by atoms with Gasteiger partial charge in [0.15, 0.2) is 0 Å². The molecule has 0 unspecified atom stereocenters. The Hall–Kier alpha value is -1.71. The third-order valence-electron chi connectivity index (χ3n) is 1.92. The molecule has 0 fully saturated rings. The van der Waals surface area contributed by atoms with E-state index in [0.29, 0.717) is 0 Å². The maximum absolute atomic E-state index is 12.0. The Labute approximate surface area is 81.2 Å². The average molecular weight is 190 g/mol. The van der Waals surface area contributed by atoms with Crippen LogP contribution in [-0.4, -0.2) is 21.7 Å². The number of hydrogen-bond donors (Lipinski definition) is 0. The fraction of sp³-hybridized carbons (Fsp3) is 0.200. The van der Waals surface area contributed by atoms with Crippen LogP contribution in [-0.2, 0) is 6.54 Å². The fourth-order valence-corrected chi connectivity index (χ4v) is 1.24. The van der Waals surface area contributed by atoms with E-state index >= 15 is 0 Å². The third kappa shape index (κ3) is 1.79. The molecule has 1 heterocycles. The number of aromatic nitrogens is 3. The minimum absolute atomic E-state index is 0.264. The summed E-state index contributed by atoms with van der Waals surface area (Å²) in [4.78, 5) is 0. The zero-order valence-electron chi connectivity index (χ0n) is 7.60. The molecular formula is C10H10FN3. The number of rotatable bonds is 3. The summed E-state index contributed by atoms with van der Waals surface area (Å²) in [5, 5.41) is 7.76. The lowest BCUT2D eigenvalue weighted by Gasteiger charge is -1.93. The highest BCUT2D eigenvalue weighted by atomic mass is 18.2. The van der Waals surface area contributed by atoms with Crippen molar-refractivity contribution in [3.63, 3.8) is 0 Å². The van der Waals surface area contributed by atoms with Crippen molar-refractivity contribution in [2.45, 2.75) is 6.54 Å². The largest absolute Gasteiger partial charge is 0.249 e. The maximum atomic E-state index is 12.0. The molecule has 0 radical (unpaired) electrons. The Kier molecular flexibility index (Phi) is 2.53. The molecular weight excluding hydrogens is 180 g/mol. The van der Waals surface area contributed by atoms with Crippen LogP contribution in [0, 0.1) is 0 Å². The van der Waals surface area contributed by atoms with E-state index in [2.05, 4.69) is 10.3 Å². The van der Waals surface area contributed by atoms with E-state index in [-0.39, 0.29) is 6.54 Å². The molecule has 0 atom stereocenters. The van der Waals surface area contributed by atoms with Crippen molar-refractivity contribution in [2.24, 2.45) is 0 Å². The van der Waals surface area contributed by atoms with Crippen molar-refractivity contribution in [1.82, 2.24) is 15.0 Å². The lowest BCUT2D eigenvalue weighted by molar-refractivity contribution is 0.422. The molecule has 0 N–H and O–H groups in total. The van der Waals surface area contributed by atoms with Crippen molar-refractivity contribution < 1.29 is 4.39 Å². The van der Waals surface area contributed by atoms with Crippen LogP contribution in [0.5, 0.6) is 0 Å². The zero-order valence-corrected chi connectivity index (χ0v) is 7.60. The quantitative estimate of drug-likeness (QED) is 0.740. The maximum Gasteiger partial charge on any atom is 0.113 e. The first-order chi connectivity index (χ1) is 6.90. The second-order valence-corrected chi connectivity index (χ2v) is 2.92. The molecule has 0 aliphatic carbocycles. The molecule has 0 spiro atoms. The van der Waals surface area contributed by atoms with Crippen molar-refractivity contribution in [2.75, 3.05) is 6.67 Å². The van der Waals surface area contributed by atoms with Gasteiger partial charge in [-0.25, -0.2) is 9.07 Å². The molecule has 1 aromatic heterocycles. The molecule has 3 nitrogen and oxygen atoms in total. The van der Waals surface area contributed by atoms with E-state index < -0.39 is 6.67 Å². The first-order valence-electron chi connectivity index (χ1n) is 4.41. The normalized spacial score (nSPS) is 10.4. The van der Waals surface area contributed by atoms with Gasteiger partial charge in [-0.2, -0.15) is 0 Å². The highest BCUT2D eigenvalue weighted by molar-refractivity contribution is 5.56. The predicted molar refractivity (Wildman–Crippen MR) is 51.4 cm³/mol. The van der Waals surface area contributed by atoms with Crippen LogP contribution in [0.1, 0.15) is 0 Å². The zero-order chi connectivity index (χ0) is 9.80. The molecule has 0 amide bonds. The summed E-state index contributed by atoms with van der Waals surface area (Å²) in [6.45, 7) is -0.155. The molecule has 14 heavy (non-hydrogen) atoms.